The third kappa shape index (κ3) is 2.97. The second-order valence-corrected chi connectivity index (χ2v) is 5.05. The molecule has 2 fully saturated rings. The van der Waals surface area contributed by atoms with Gasteiger partial charge in [0.2, 0.25) is 11.8 Å². The van der Waals surface area contributed by atoms with Crippen LogP contribution < -0.4 is 11.1 Å². The van der Waals surface area contributed by atoms with Crippen LogP contribution in [0.4, 0.5) is 0 Å². The van der Waals surface area contributed by atoms with Gasteiger partial charge in [-0.25, -0.2) is 0 Å². The predicted molar refractivity (Wildman–Crippen MR) is 64.1 cm³/mol. The highest BCUT2D eigenvalue weighted by Gasteiger charge is 2.30. The first-order valence-corrected chi connectivity index (χ1v) is 6.47. The molecule has 2 rings (SSSR count). The first kappa shape index (κ1) is 12.4. The van der Waals surface area contributed by atoms with Crippen LogP contribution in [0, 0.1) is 11.8 Å². The molecule has 0 radical (unpaired) electrons. The van der Waals surface area contributed by atoms with Gasteiger partial charge in [-0.05, 0) is 32.2 Å². The zero-order chi connectivity index (χ0) is 12.3. The Hall–Kier alpha value is -1.10. The summed E-state index contributed by atoms with van der Waals surface area (Å²) in [5.74, 6) is 0.119. The number of piperidine rings is 2. The number of primary amides is 1. The summed E-state index contributed by atoms with van der Waals surface area (Å²) in [5.41, 5.74) is 5.28. The van der Waals surface area contributed by atoms with Gasteiger partial charge in [-0.1, -0.05) is 0 Å². The number of nitrogens with zero attached hydrogens (tertiary/aromatic N) is 1. The van der Waals surface area contributed by atoms with E-state index in [1.807, 2.05) is 4.90 Å². The molecule has 0 saturated carbocycles. The minimum absolute atomic E-state index is 0.0384. The molecule has 1 unspecified atom stereocenters. The monoisotopic (exact) mass is 239 g/mol. The SMILES string of the molecule is NC(=O)C1CCN(C(=O)C2CCCNC2)CC1. The molecule has 0 bridgehead atoms. The quantitative estimate of drug-likeness (QED) is 0.695. The molecular formula is C12H21N3O2. The highest BCUT2D eigenvalue weighted by atomic mass is 16.2. The molecule has 2 aliphatic heterocycles. The van der Waals surface area contributed by atoms with E-state index >= 15 is 0 Å². The van der Waals surface area contributed by atoms with Crippen molar-refractivity contribution in [1.82, 2.24) is 10.2 Å². The highest BCUT2D eigenvalue weighted by molar-refractivity contribution is 5.80. The maximum atomic E-state index is 12.2. The number of hydrogen-bond acceptors (Lipinski definition) is 3. The molecule has 0 aromatic heterocycles. The zero-order valence-corrected chi connectivity index (χ0v) is 10.2. The molecule has 0 aliphatic carbocycles. The summed E-state index contributed by atoms with van der Waals surface area (Å²) in [6.07, 6.45) is 3.51. The van der Waals surface area contributed by atoms with Gasteiger partial charge < -0.3 is 16.0 Å². The van der Waals surface area contributed by atoms with Crippen LogP contribution >= 0.6 is 0 Å². The molecule has 0 aromatic carbocycles. The first-order valence-electron chi connectivity index (χ1n) is 6.47. The molecule has 96 valence electrons. The van der Waals surface area contributed by atoms with Gasteiger partial charge in [0.1, 0.15) is 0 Å². The van der Waals surface area contributed by atoms with Gasteiger partial charge in [0.15, 0.2) is 0 Å². The smallest absolute Gasteiger partial charge is 0.226 e. The van der Waals surface area contributed by atoms with E-state index in [0.29, 0.717) is 13.1 Å². The van der Waals surface area contributed by atoms with Crippen molar-refractivity contribution in [2.45, 2.75) is 25.7 Å². The summed E-state index contributed by atoms with van der Waals surface area (Å²) >= 11 is 0. The maximum Gasteiger partial charge on any atom is 0.226 e. The van der Waals surface area contributed by atoms with Gasteiger partial charge in [-0.2, -0.15) is 0 Å². The number of amides is 2. The van der Waals surface area contributed by atoms with Gasteiger partial charge in [0.05, 0.1) is 5.92 Å². The van der Waals surface area contributed by atoms with Gasteiger partial charge in [-0.3, -0.25) is 9.59 Å². The topological polar surface area (TPSA) is 75.4 Å². The first-order chi connectivity index (χ1) is 8.18. The van der Waals surface area contributed by atoms with Crippen molar-refractivity contribution in [2.75, 3.05) is 26.2 Å². The van der Waals surface area contributed by atoms with Gasteiger partial charge >= 0.3 is 0 Å². The van der Waals surface area contributed by atoms with E-state index in [1.165, 1.54) is 0 Å². The van der Waals surface area contributed by atoms with Crippen molar-refractivity contribution < 1.29 is 9.59 Å². The molecule has 0 aromatic rings. The summed E-state index contributed by atoms with van der Waals surface area (Å²) in [7, 11) is 0. The number of carbonyl (C=O) groups is 2. The molecule has 0 spiro atoms. The van der Waals surface area contributed by atoms with Crippen molar-refractivity contribution in [2.24, 2.45) is 17.6 Å². The Morgan fingerprint density at radius 3 is 2.35 bits per heavy atom. The van der Waals surface area contributed by atoms with Crippen LogP contribution in [-0.2, 0) is 9.59 Å². The summed E-state index contributed by atoms with van der Waals surface area (Å²) in [6, 6.07) is 0. The molecule has 2 saturated heterocycles. The number of hydrogen-bond donors (Lipinski definition) is 2. The number of nitrogens with one attached hydrogen (secondary N) is 1. The highest BCUT2D eigenvalue weighted by Crippen LogP contribution is 2.20. The lowest BCUT2D eigenvalue weighted by molar-refractivity contribution is -0.139. The van der Waals surface area contributed by atoms with E-state index in [1.54, 1.807) is 0 Å². The average Bonchev–Trinajstić information content (AvgIpc) is 2.39. The van der Waals surface area contributed by atoms with Gasteiger partial charge in [0.25, 0.3) is 0 Å². The Morgan fingerprint density at radius 2 is 1.82 bits per heavy atom. The van der Waals surface area contributed by atoms with Gasteiger partial charge in [0, 0.05) is 25.6 Å². The van der Waals surface area contributed by atoms with E-state index in [2.05, 4.69) is 5.32 Å². The molecule has 1 atom stereocenters. The number of likely N-dealkylation sites (tertiary alicyclic amines) is 1. The van der Waals surface area contributed by atoms with Crippen LogP contribution in [0.1, 0.15) is 25.7 Å². The lowest BCUT2D eigenvalue weighted by Gasteiger charge is -2.34. The molecular weight excluding hydrogens is 218 g/mol. The second kappa shape index (κ2) is 5.49. The van der Waals surface area contributed by atoms with Crippen molar-refractivity contribution in [3.05, 3.63) is 0 Å². The fourth-order valence-corrected chi connectivity index (χ4v) is 2.71. The molecule has 2 aliphatic rings. The van der Waals surface area contributed by atoms with Crippen LogP contribution in [0.15, 0.2) is 0 Å². The second-order valence-electron chi connectivity index (χ2n) is 5.05. The van der Waals surface area contributed by atoms with Crippen molar-refractivity contribution in [1.29, 1.82) is 0 Å². The molecule has 17 heavy (non-hydrogen) atoms. The van der Waals surface area contributed by atoms with E-state index in [-0.39, 0.29) is 23.7 Å². The van der Waals surface area contributed by atoms with Crippen molar-refractivity contribution >= 4 is 11.8 Å². The Bertz CT molecular complexity index is 292. The van der Waals surface area contributed by atoms with E-state index < -0.39 is 0 Å². The van der Waals surface area contributed by atoms with Crippen LogP contribution in [-0.4, -0.2) is 42.9 Å². The van der Waals surface area contributed by atoms with Crippen LogP contribution in [0.5, 0.6) is 0 Å². The largest absolute Gasteiger partial charge is 0.369 e. The third-order valence-electron chi connectivity index (χ3n) is 3.86. The summed E-state index contributed by atoms with van der Waals surface area (Å²) in [5, 5.41) is 3.26. The Labute approximate surface area is 102 Å². The van der Waals surface area contributed by atoms with Crippen molar-refractivity contribution in [3.63, 3.8) is 0 Å². The lowest BCUT2D eigenvalue weighted by Crippen LogP contribution is -2.47. The minimum Gasteiger partial charge on any atom is -0.369 e. The summed E-state index contributed by atoms with van der Waals surface area (Å²) in [6.45, 7) is 3.19. The van der Waals surface area contributed by atoms with Gasteiger partial charge in [-0.15, -0.1) is 0 Å². The van der Waals surface area contributed by atoms with Crippen molar-refractivity contribution in [3.8, 4) is 0 Å². The summed E-state index contributed by atoms with van der Waals surface area (Å²) in [4.78, 5) is 25.1. The molecule has 2 heterocycles. The normalized spacial score (nSPS) is 26.8. The maximum absolute atomic E-state index is 12.2. The predicted octanol–water partition coefficient (Wildman–Crippen LogP) is -0.290. The Morgan fingerprint density at radius 1 is 1.12 bits per heavy atom. The Balaban J connectivity index is 1.83. The fourth-order valence-electron chi connectivity index (χ4n) is 2.71. The molecule has 5 nitrogen and oxygen atoms in total. The molecule has 3 N–H and O–H groups in total. The zero-order valence-electron chi connectivity index (χ0n) is 10.2. The summed E-state index contributed by atoms with van der Waals surface area (Å²) < 4.78 is 0. The number of nitrogens with two attached hydrogens (primary N) is 1. The fraction of sp³-hybridized carbons (Fsp3) is 0.833. The number of carbonyl (C=O) groups excluding carboxylic acids is 2. The van der Waals surface area contributed by atoms with E-state index in [0.717, 1.165) is 38.8 Å². The standard InChI is InChI=1S/C12H21N3O2/c13-11(16)9-3-6-15(7-4-9)12(17)10-2-1-5-14-8-10/h9-10,14H,1-8H2,(H2,13,16). The van der Waals surface area contributed by atoms with E-state index in [4.69, 9.17) is 5.73 Å². The Kier molecular flexibility index (Phi) is 3.99. The molecule has 2 amide bonds. The lowest BCUT2D eigenvalue weighted by atomic mass is 9.93. The van der Waals surface area contributed by atoms with Crippen LogP contribution in [0.25, 0.3) is 0 Å². The van der Waals surface area contributed by atoms with Crippen LogP contribution in [0.3, 0.4) is 0 Å². The van der Waals surface area contributed by atoms with E-state index in [9.17, 15) is 9.59 Å². The third-order valence-corrected chi connectivity index (χ3v) is 3.86. The molecule has 5 heteroatoms. The number of rotatable bonds is 2. The minimum atomic E-state index is -0.226. The van der Waals surface area contributed by atoms with Crippen LogP contribution in [0.2, 0.25) is 0 Å². The average molecular weight is 239 g/mol.